The number of aryl methyl sites for hydroxylation is 2. The molecule has 4 aromatic rings. The number of hydrogen-bond acceptors (Lipinski definition) is 11. The first-order chi connectivity index (χ1) is 20.1. The summed E-state index contributed by atoms with van der Waals surface area (Å²) in [7, 11) is 0. The first-order valence-corrected chi connectivity index (χ1v) is 15.1. The van der Waals surface area contributed by atoms with E-state index in [2.05, 4.69) is 25.7 Å². The highest BCUT2D eigenvalue weighted by Gasteiger charge is 2.17. The molecular formula is C30H31N5O5S2. The van der Waals surface area contributed by atoms with Crippen LogP contribution in [0.5, 0.6) is 5.75 Å². The number of ether oxygens (including phenoxy) is 1. The van der Waals surface area contributed by atoms with Gasteiger partial charge in [0.05, 0.1) is 6.42 Å². The van der Waals surface area contributed by atoms with E-state index in [9.17, 15) is 19.2 Å². The molecule has 0 saturated heterocycles. The third-order valence-electron chi connectivity index (χ3n) is 6.51. The molecule has 0 unspecified atom stereocenters. The molecule has 0 atom stereocenters. The van der Waals surface area contributed by atoms with Gasteiger partial charge in [0.2, 0.25) is 5.13 Å². The summed E-state index contributed by atoms with van der Waals surface area (Å²) in [5, 5.41) is 22.2. The van der Waals surface area contributed by atoms with Gasteiger partial charge in [-0.05, 0) is 56.9 Å². The Kier molecular flexibility index (Phi) is 10.4. The van der Waals surface area contributed by atoms with Gasteiger partial charge in [-0.15, -0.1) is 31.7 Å². The molecule has 0 radical (unpaired) electrons. The van der Waals surface area contributed by atoms with E-state index in [1.807, 2.05) is 19.1 Å². The van der Waals surface area contributed by atoms with Gasteiger partial charge in [0.1, 0.15) is 26.6 Å². The van der Waals surface area contributed by atoms with Crippen LogP contribution in [0.25, 0.3) is 0 Å². The van der Waals surface area contributed by atoms with Crippen LogP contribution in [0.2, 0.25) is 0 Å². The predicted molar refractivity (Wildman–Crippen MR) is 160 cm³/mol. The zero-order chi connectivity index (χ0) is 30.2. The number of rotatable bonds is 13. The number of carbonyl (C=O) groups is 4. The largest absolute Gasteiger partial charge is 0.426 e. The van der Waals surface area contributed by atoms with Gasteiger partial charge in [-0.3, -0.25) is 24.5 Å². The average Bonchev–Trinajstić information content (AvgIpc) is 3.57. The molecule has 2 aromatic heterocycles. The summed E-state index contributed by atoms with van der Waals surface area (Å²) >= 11 is 2.76. The highest BCUT2D eigenvalue weighted by Crippen LogP contribution is 2.24. The van der Waals surface area contributed by atoms with Crippen molar-refractivity contribution < 1.29 is 23.9 Å². The first kappa shape index (κ1) is 30.8. The van der Waals surface area contributed by atoms with Crippen molar-refractivity contribution in [2.45, 2.75) is 66.2 Å². The second-order valence-electron chi connectivity index (χ2n) is 9.84. The summed E-state index contributed by atoms with van der Waals surface area (Å²) in [6.45, 7) is 6.44. The van der Waals surface area contributed by atoms with E-state index < -0.39 is 5.97 Å². The molecule has 0 fully saturated rings. The molecule has 0 aliphatic carbocycles. The van der Waals surface area contributed by atoms with Gasteiger partial charge in [-0.1, -0.05) is 35.6 Å². The number of carbonyl (C=O) groups excluding carboxylic acids is 4. The van der Waals surface area contributed by atoms with E-state index in [-0.39, 0.29) is 23.9 Å². The standard InChI is InChI=1S/C30H31N5O5S2/c1-17(36)15-21-9-7-10-22(18(21)2)24(38)16-28-34-32-26(41-28)13-5-6-14-27-33-35-30(42-27)31-29(39)23-11-8-12-25(19(23)3)40-20(4)37/h7-12H,5-6,13-16H2,1-4H3,(H,31,35,39). The van der Waals surface area contributed by atoms with Crippen LogP contribution in [-0.2, 0) is 35.3 Å². The number of esters is 1. The van der Waals surface area contributed by atoms with Gasteiger partial charge in [0, 0.05) is 42.9 Å². The van der Waals surface area contributed by atoms with Crippen LogP contribution in [0.1, 0.15) is 79.1 Å². The molecule has 10 nitrogen and oxygen atoms in total. The maximum atomic E-state index is 12.9. The van der Waals surface area contributed by atoms with Crippen LogP contribution < -0.4 is 10.1 Å². The Labute approximate surface area is 251 Å². The highest BCUT2D eigenvalue weighted by atomic mass is 32.1. The summed E-state index contributed by atoms with van der Waals surface area (Å²) in [5.41, 5.74) is 3.28. The van der Waals surface area contributed by atoms with Crippen molar-refractivity contribution in [3.8, 4) is 5.75 Å². The number of benzene rings is 2. The van der Waals surface area contributed by atoms with Gasteiger partial charge in [-0.25, -0.2) is 0 Å². The second-order valence-corrected chi connectivity index (χ2v) is 12.1. The van der Waals surface area contributed by atoms with Crippen molar-refractivity contribution >= 4 is 51.2 Å². The van der Waals surface area contributed by atoms with Crippen molar-refractivity contribution in [3.63, 3.8) is 0 Å². The lowest BCUT2D eigenvalue weighted by atomic mass is 9.95. The number of anilines is 1. The van der Waals surface area contributed by atoms with Gasteiger partial charge in [0.15, 0.2) is 5.78 Å². The van der Waals surface area contributed by atoms with E-state index in [1.165, 1.54) is 29.6 Å². The van der Waals surface area contributed by atoms with E-state index in [0.29, 0.717) is 45.4 Å². The molecule has 4 rings (SSSR count). The second kappa shape index (κ2) is 14.1. The summed E-state index contributed by atoms with van der Waals surface area (Å²) < 4.78 is 5.16. The third-order valence-corrected chi connectivity index (χ3v) is 8.39. The van der Waals surface area contributed by atoms with Crippen molar-refractivity contribution in [2.24, 2.45) is 0 Å². The van der Waals surface area contributed by atoms with Crippen molar-refractivity contribution in [1.82, 2.24) is 20.4 Å². The Bertz CT molecular complexity index is 1510. The maximum absolute atomic E-state index is 12.9. The van der Waals surface area contributed by atoms with E-state index in [4.69, 9.17) is 4.74 Å². The lowest BCUT2D eigenvalue weighted by molar-refractivity contribution is -0.132. The SMILES string of the molecule is CC(=O)Cc1cccc(C(=O)Cc2nnc(CCCCc3nnc(NC(=O)c4cccc(OC(C)=O)c4C)s3)s2)c1C. The number of ketones is 2. The molecule has 42 heavy (non-hydrogen) atoms. The number of Topliss-reactive ketones (excluding diaryl/α,β-unsaturated/α-hetero) is 2. The molecule has 218 valence electrons. The Morgan fingerprint density at radius 2 is 1.40 bits per heavy atom. The van der Waals surface area contributed by atoms with Crippen molar-refractivity contribution in [2.75, 3.05) is 5.32 Å². The van der Waals surface area contributed by atoms with Gasteiger partial charge < -0.3 is 4.74 Å². The van der Waals surface area contributed by atoms with Gasteiger partial charge in [0.25, 0.3) is 5.91 Å². The highest BCUT2D eigenvalue weighted by molar-refractivity contribution is 7.15. The molecule has 0 aliphatic heterocycles. The topological polar surface area (TPSA) is 141 Å². The van der Waals surface area contributed by atoms with Crippen LogP contribution in [0, 0.1) is 13.8 Å². The normalized spacial score (nSPS) is 10.9. The van der Waals surface area contributed by atoms with Crippen LogP contribution in [-0.4, -0.2) is 43.8 Å². The Hall–Kier alpha value is -4.16. The molecule has 1 N–H and O–H groups in total. The lowest BCUT2D eigenvalue weighted by Gasteiger charge is -2.09. The summed E-state index contributed by atoms with van der Waals surface area (Å²) in [6.07, 6.45) is 3.64. The Morgan fingerprint density at radius 3 is 2.12 bits per heavy atom. The van der Waals surface area contributed by atoms with Gasteiger partial charge >= 0.3 is 5.97 Å². The minimum atomic E-state index is -0.453. The van der Waals surface area contributed by atoms with E-state index in [1.54, 1.807) is 38.1 Å². The molecule has 2 heterocycles. The maximum Gasteiger partial charge on any atom is 0.308 e. The van der Waals surface area contributed by atoms with Crippen molar-refractivity contribution in [3.05, 3.63) is 79.2 Å². The molecule has 0 aliphatic rings. The number of aromatic nitrogens is 4. The van der Waals surface area contributed by atoms with E-state index >= 15 is 0 Å². The molecule has 1 amide bonds. The monoisotopic (exact) mass is 605 g/mol. The van der Waals surface area contributed by atoms with Crippen LogP contribution in [0.15, 0.2) is 36.4 Å². The van der Waals surface area contributed by atoms with E-state index in [0.717, 1.165) is 40.4 Å². The summed E-state index contributed by atoms with van der Waals surface area (Å²) in [5.74, 6) is -0.440. The molecule has 0 saturated carbocycles. The number of hydrogen-bond donors (Lipinski definition) is 1. The number of nitrogens with one attached hydrogen (secondary N) is 1. The summed E-state index contributed by atoms with van der Waals surface area (Å²) in [6, 6.07) is 10.4. The third kappa shape index (κ3) is 8.20. The predicted octanol–water partition coefficient (Wildman–Crippen LogP) is 5.31. The van der Waals surface area contributed by atoms with Crippen molar-refractivity contribution in [1.29, 1.82) is 0 Å². The lowest BCUT2D eigenvalue weighted by Crippen LogP contribution is -2.14. The minimum Gasteiger partial charge on any atom is -0.426 e. The quantitative estimate of drug-likeness (QED) is 0.0929. The first-order valence-electron chi connectivity index (χ1n) is 13.4. The zero-order valence-electron chi connectivity index (χ0n) is 23.9. The fourth-order valence-corrected chi connectivity index (χ4v) is 6.05. The molecule has 0 spiro atoms. The fourth-order valence-electron chi connectivity index (χ4n) is 4.39. The number of unbranched alkanes of at least 4 members (excludes halogenated alkanes) is 1. The van der Waals surface area contributed by atoms with Gasteiger partial charge in [-0.2, -0.15) is 0 Å². The molecule has 0 bridgehead atoms. The molecule has 12 heteroatoms. The van der Waals surface area contributed by atoms with Crippen LogP contribution >= 0.6 is 22.7 Å². The number of amides is 1. The fraction of sp³-hybridized carbons (Fsp3) is 0.333. The Balaban J connectivity index is 1.24. The number of nitrogens with zero attached hydrogens (tertiary/aromatic N) is 4. The van der Waals surface area contributed by atoms with Crippen LogP contribution in [0.3, 0.4) is 0 Å². The summed E-state index contributed by atoms with van der Waals surface area (Å²) in [4.78, 5) is 48.5. The zero-order valence-corrected chi connectivity index (χ0v) is 25.5. The molecular weight excluding hydrogens is 574 g/mol. The molecule has 2 aromatic carbocycles. The minimum absolute atomic E-state index is 0.0352. The van der Waals surface area contributed by atoms with Crippen LogP contribution in [0.4, 0.5) is 5.13 Å². The smallest absolute Gasteiger partial charge is 0.308 e. The average molecular weight is 606 g/mol. The Morgan fingerprint density at radius 1 is 0.762 bits per heavy atom.